The molecular formula is C13H23ClN4O2. The monoisotopic (exact) mass is 302 g/mol. The van der Waals surface area contributed by atoms with Crippen LogP contribution in [0.25, 0.3) is 0 Å². The van der Waals surface area contributed by atoms with Crippen LogP contribution < -0.4 is 11.1 Å². The van der Waals surface area contributed by atoms with Gasteiger partial charge in [0.05, 0.1) is 18.0 Å². The maximum absolute atomic E-state index is 12.4. The first kappa shape index (κ1) is 16.9. The third-order valence-corrected chi connectivity index (χ3v) is 4.20. The van der Waals surface area contributed by atoms with Crippen LogP contribution in [0.3, 0.4) is 0 Å². The molecule has 1 aliphatic rings. The third-order valence-electron chi connectivity index (χ3n) is 4.20. The summed E-state index contributed by atoms with van der Waals surface area (Å²) in [6.07, 6.45) is 3.92. The molecule has 1 saturated carbocycles. The predicted octanol–water partition coefficient (Wildman–Crippen LogP) is 1.31. The fraction of sp³-hybridized carbons (Fsp3) is 0.692. The number of aromatic nitrogens is 2. The molecule has 1 aliphatic carbocycles. The Morgan fingerprint density at radius 2 is 2.30 bits per heavy atom. The number of amides is 1. The number of hydrogen-bond acceptors (Lipinski definition) is 4. The average molecular weight is 303 g/mol. The van der Waals surface area contributed by atoms with Crippen molar-refractivity contribution in [3.8, 4) is 0 Å². The largest absolute Gasteiger partial charge is 0.378 e. The number of nitrogens with one attached hydrogen (secondary N) is 1. The van der Waals surface area contributed by atoms with E-state index >= 15 is 0 Å². The van der Waals surface area contributed by atoms with Crippen LogP contribution in [-0.2, 0) is 16.6 Å². The van der Waals surface area contributed by atoms with Crippen molar-refractivity contribution in [1.82, 2.24) is 9.78 Å². The third kappa shape index (κ3) is 2.55. The topological polar surface area (TPSA) is 82.2 Å². The molecular weight excluding hydrogens is 280 g/mol. The van der Waals surface area contributed by atoms with Crippen molar-refractivity contribution in [2.45, 2.75) is 38.8 Å². The Morgan fingerprint density at radius 1 is 1.65 bits per heavy atom. The van der Waals surface area contributed by atoms with Crippen molar-refractivity contribution < 1.29 is 9.53 Å². The van der Waals surface area contributed by atoms with Crippen LogP contribution in [0.5, 0.6) is 0 Å². The number of ether oxygens (including phenoxy) is 1. The quantitative estimate of drug-likeness (QED) is 0.878. The van der Waals surface area contributed by atoms with Gasteiger partial charge in [0.2, 0.25) is 5.91 Å². The van der Waals surface area contributed by atoms with Gasteiger partial charge in [0.1, 0.15) is 5.54 Å². The van der Waals surface area contributed by atoms with Crippen molar-refractivity contribution >= 4 is 24.0 Å². The Hall–Kier alpha value is -1.11. The molecule has 2 unspecified atom stereocenters. The lowest BCUT2D eigenvalue weighted by atomic mass is 9.54. The lowest BCUT2D eigenvalue weighted by Crippen LogP contribution is -2.74. The van der Waals surface area contributed by atoms with Gasteiger partial charge in [0, 0.05) is 31.7 Å². The Labute approximate surface area is 125 Å². The van der Waals surface area contributed by atoms with Crippen LogP contribution in [0.15, 0.2) is 12.4 Å². The Morgan fingerprint density at radius 3 is 2.75 bits per heavy atom. The second-order valence-corrected chi connectivity index (χ2v) is 5.70. The van der Waals surface area contributed by atoms with Gasteiger partial charge in [-0.15, -0.1) is 12.4 Å². The normalized spacial score (nSPS) is 27.4. The molecule has 7 heteroatoms. The zero-order chi connectivity index (χ0) is 14.3. The van der Waals surface area contributed by atoms with Gasteiger partial charge in [0.25, 0.3) is 0 Å². The molecule has 3 N–H and O–H groups in total. The number of rotatable bonds is 4. The van der Waals surface area contributed by atoms with E-state index in [0.29, 0.717) is 18.7 Å². The summed E-state index contributed by atoms with van der Waals surface area (Å²) in [5.41, 5.74) is 5.66. The van der Waals surface area contributed by atoms with Crippen molar-refractivity contribution in [3.63, 3.8) is 0 Å². The minimum absolute atomic E-state index is 0. The summed E-state index contributed by atoms with van der Waals surface area (Å²) in [4.78, 5) is 12.4. The standard InChI is InChI=1S/C13H22N4O2.ClH/c1-5-19-10-6-13(14,12(10,2)3)11(18)16-9-7-15-17(4)8-9;/h7-8,10H,5-6,14H2,1-4H3,(H,16,18);1H. The van der Waals surface area contributed by atoms with Gasteiger partial charge in [-0.2, -0.15) is 5.10 Å². The molecule has 0 radical (unpaired) electrons. The highest BCUT2D eigenvalue weighted by Crippen LogP contribution is 2.50. The fourth-order valence-corrected chi connectivity index (χ4v) is 2.55. The Bertz CT molecular complexity index is 488. The van der Waals surface area contributed by atoms with Crippen molar-refractivity contribution in [3.05, 3.63) is 12.4 Å². The summed E-state index contributed by atoms with van der Waals surface area (Å²) in [7, 11) is 1.80. The highest BCUT2D eigenvalue weighted by Gasteiger charge is 2.62. The zero-order valence-electron chi connectivity index (χ0n) is 12.3. The summed E-state index contributed by atoms with van der Waals surface area (Å²) in [5, 5.41) is 6.83. The average Bonchev–Trinajstić information content (AvgIpc) is 2.74. The summed E-state index contributed by atoms with van der Waals surface area (Å²) < 4.78 is 7.25. The van der Waals surface area contributed by atoms with E-state index in [2.05, 4.69) is 10.4 Å². The number of carbonyl (C=O) groups excluding carboxylic acids is 1. The molecule has 1 aromatic rings. The summed E-state index contributed by atoms with van der Waals surface area (Å²) in [6.45, 7) is 6.52. The molecule has 6 nitrogen and oxygen atoms in total. The smallest absolute Gasteiger partial charge is 0.245 e. The van der Waals surface area contributed by atoms with Gasteiger partial charge in [0.15, 0.2) is 0 Å². The molecule has 1 amide bonds. The van der Waals surface area contributed by atoms with Gasteiger partial charge >= 0.3 is 0 Å². The molecule has 1 heterocycles. The molecule has 2 atom stereocenters. The minimum atomic E-state index is -0.900. The second kappa shape index (κ2) is 5.71. The van der Waals surface area contributed by atoms with E-state index in [4.69, 9.17) is 10.5 Å². The van der Waals surface area contributed by atoms with E-state index < -0.39 is 5.54 Å². The van der Waals surface area contributed by atoms with E-state index in [0.717, 1.165) is 0 Å². The van der Waals surface area contributed by atoms with E-state index in [-0.39, 0.29) is 29.8 Å². The SMILES string of the molecule is CCOC1CC(N)(C(=O)Nc2cnn(C)c2)C1(C)C.Cl. The fourth-order valence-electron chi connectivity index (χ4n) is 2.55. The molecule has 114 valence electrons. The van der Waals surface area contributed by atoms with Gasteiger partial charge < -0.3 is 15.8 Å². The molecule has 1 aromatic heterocycles. The number of nitrogens with zero attached hydrogens (tertiary/aromatic N) is 2. The van der Waals surface area contributed by atoms with Crippen molar-refractivity contribution in [2.75, 3.05) is 11.9 Å². The second-order valence-electron chi connectivity index (χ2n) is 5.70. The van der Waals surface area contributed by atoms with Crippen LogP contribution in [-0.4, -0.2) is 33.9 Å². The lowest BCUT2D eigenvalue weighted by Gasteiger charge is -2.57. The Balaban J connectivity index is 0.00000200. The number of carbonyl (C=O) groups is 1. The van der Waals surface area contributed by atoms with E-state index in [1.54, 1.807) is 24.1 Å². The summed E-state index contributed by atoms with van der Waals surface area (Å²) in [5.74, 6) is -0.179. The molecule has 1 fully saturated rings. The summed E-state index contributed by atoms with van der Waals surface area (Å²) >= 11 is 0. The van der Waals surface area contributed by atoms with Crippen LogP contribution in [0.2, 0.25) is 0 Å². The highest BCUT2D eigenvalue weighted by atomic mass is 35.5. The molecule has 2 rings (SSSR count). The first-order chi connectivity index (χ1) is 8.81. The van der Waals surface area contributed by atoms with Gasteiger partial charge in [-0.1, -0.05) is 13.8 Å². The van der Waals surface area contributed by atoms with Crippen LogP contribution >= 0.6 is 12.4 Å². The maximum atomic E-state index is 12.4. The van der Waals surface area contributed by atoms with Gasteiger partial charge in [-0.05, 0) is 6.92 Å². The minimum Gasteiger partial charge on any atom is -0.378 e. The molecule has 0 aliphatic heterocycles. The summed E-state index contributed by atoms with van der Waals surface area (Å²) in [6, 6.07) is 0. The van der Waals surface area contributed by atoms with Crippen molar-refractivity contribution in [2.24, 2.45) is 18.2 Å². The number of nitrogens with two attached hydrogens (primary N) is 1. The van der Waals surface area contributed by atoms with Gasteiger partial charge in [-0.25, -0.2) is 0 Å². The number of hydrogen-bond donors (Lipinski definition) is 2. The molecule has 0 bridgehead atoms. The molecule has 20 heavy (non-hydrogen) atoms. The number of anilines is 1. The maximum Gasteiger partial charge on any atom is 0.245 e. The van der Waals surface area contributed by atoms with Crippen LogP contribution in [0.4, 0.5) is 5.69 Å². The first-order valence-corrected chi connectivity index (χ1v) is 6.52. The first-order valence-electron chi connectivity index (χ1n) is 6.52. The molecule has 0 spiro atoms. The Kier molecular flexibility index (Phi) is 4.84. The number of halogens is 1. The van der Waals surface area contributed by atoms with Crippen molar-refractivity contribution in [1.29, 1.82) is 0 Å². The van der Waals surface area contributed by atoms with Crippen LogP contribution in [0, 0.1) is 5.41 Å². The van der Waals surface area contributed by atoms with E-state index in [1.165, 1.54) is 0 Å². The molecule has 0 aromatic carbocycles. The van der Waals surface area contributed by atoms with Crippen LogP contribution in [0.1, 0.15) is 27.2 Å². The lowest BCUT2D eigenvalue weighted by molar-refractivity contribution is -0.166. The molecule has 0 saturated heterocycles. The zero-order valence-corrected chi connectivity index (χ0v) is 13.2. The van der Waals surface area contributed by atoms with E-state index in [1.807, 2.05) is 20.8 Å². The number of aryl methyl sites for hydroxylation is 1. The predicted molar refractivity (Wildman–Crippen MR) is 79.8 cm³/mol. The van der Waals surface area contributed by atoms with Gasteiger partial charge in [-0.3, -0.25) is 9.48 Å². The van der Waals surface area contributed by atoms with E-state index in [9.17, 15) is 4.79 Å². The highest BCUT2D eigenvalue weighted by molar-refractivity contribution is 5.99.